The maximum Gasteiger partial charge on any atom is 0.332 e. The van der Waals surface area contributed by atoms with Gasteiger partial charge in [-0.2, -0.15) is 0 Å². The van der Waals surface area contributed by atoms with Gasteiger partial charge in [0.05, 0.1) is 0 Å². The number of halogens is 1. The van der Waals surface area contributed by atoms with Gasteiger partial charge in [-0.1, -0.05) is 62.9 Å². The van der Waals surface area contributed by atoms with E-state index < -0.39 is 0 Å². The predicted molar refractivity (Wildman–Crippen MR) is 120 cm³/mol. The van der Waals surface area contributed by atoms with Crippen molar-refractivity contribution in [2.24, 2.45) is 14.1 Å². The second-order valence-corrected chi connectivity index (χ2v) is 8.55. The van der Waals surface area contributed by atoms with Crippen LogP contribution in [0.15, 0.2) is 39.0 Å². The molecule has 162 valence electrons. The van der Waals surface area contributed by atoms with Crippen LogP contribution in [0.3, 0.4) is 0 Å². The van der Waals surface area contributed by atoms with Crippen molar-refractivity contribution >= 4 is 22.9 Å². The van der Waals surface area contributed by atoms with Gasteiger partial charge in [0.25, 0.3) is 5.56 Å². The molecule has 2 heterocycles. The maximum absolute atomic E-state index is 13.2. The average molecular weight is 433 g/mol. The van der Waals surface area contributed by atoms with E-state index >= 15 is 0 Å². The number of fused-ring (bicyclic) bond motifs is 1. The van der Waals surface area contributed by atoms with Crippen LogP contribution in [0.1, 0.15) is 51.0 Å². The molecule has 0 aliphatic carbocycles. The van der Waals surface area contributed by atoms with E-state index in [0.717, 1.165) is 23.0 Å². The molecule has 0 atom stereocenters. The van der Waals surface area contributed by atoms with E-state index in [1.54, 1.807) is 19.2 Å². The lowest BCUT2D eigenvalue weighted by atomic mass is 10.1. The van der Waals surface area contributed by atoms with Gasteiger partial charge in [-0.15, -0.1) is 0 Å². The monoisotopic (exact) mass is 432 g/mol. The Morgan fingerprint density at radius 2 is 1.63 bits per heavy atom. The van der Waals surface area contributed by atoms with Gasteiger partial charge in [0.2, 0.25) is 0 Å². The van der Waals surface area contributed by atoms with Crippen LogP contribution in [0.4, 0.5) is 4.39 Å². The molecule has 0 radical (unpaired) electrons. The zero-order chi connectivity index (χ0) is 21.7. The fourth-order valence-electron chi connectivity index (χ4n) is 3.52. The van der Waals surface area contributed by atoms with Gasteiger partial charge in [0.15, 0.2) is 16.3 Å². The van der Waals surface area contributed by atoms with Crippen molar-refractivity contribution in [3.05, 3.63) is 56.5 Å². The van der Waals surface area contributed by atoms with E-state index in [-0.39, 0.29) is 17.1 Å². The highest BCUT2D eigenvalue weighted by Crippen LogP contribution is 2.26. The quantitative estimate of drug-likeness (QED) is 0.355. The molecule has 0 saturated carbocycles. The lowest BCUT2D eigenvalue weighted by Gasteiger charge is -2.09. The minimum atomic E-state index is -0.383. The largest absolute Gasteiger partial charge is 0.332 e. The number of benzene rings is 1. The van der Waals surface area contributed by atoms with Gasteiger partial charge in [-0.3, -0.25) is 13.9 Å². The van der Waals surface area contributed by atoms with E-state index in [0.29, 0.717) is 28.6 Å². The van der Waals surface area contributed by atoms with Crippen LogP contribution < -0.4 is 11.2 Å². The SMILES string of the molecule is CCCCCCCCn1c(SCc2ccc(F)cc2)nc2c1c(=O)n(C)c(=O)n2C. The number of rotatable bonds is 10. The highest BCUT2D eigenvalue weighted by molar-refractivity contribution is 7.98. The molecule has 0 fully saturated rings. The average Bonchev–Trinajstić information content (AvgIpc) is 3.11. The van der Waals surface area contributed by atoms with E-state index in [1.165, 1.54) is 61.2 Å². The zero-order valence-corrected chi connectivity index (χ0v) is 18.7. The molecule has 8 heteroatoms. The molecule has 0 aliphatic rings. The summed E-state index contributed by atoms with van der Waals surface area (Å²) in [6.45, 7) is 2.88. The van der Waals surface area contributed by atoms with Crippen molar-refractivity contribution in [1.82, 2.24) is 18.7 Å². The molecule has 6 nitrogen and oxygen atoms in total. The molecule has 0 N–H and O–H groups in total. The summed E-state index contributed by atoms with van der Waals surface area (Å²) >= 11 is 1.50. The molecule has 0 spiro atoms. The standard InChI is InChI=1S/C22H29FN4O2S/c1-4-5-6-7-8-9-14-27-18-19(25(2)22(29)26(3)20(18)28)24-21(27)30-15-16-10-12-17(23)13-11-16/h10-13H,4-9,14-15H2,1-3H3. The van der Waals surface area contributed by atoms with Crippen LogP contribution >= 0.6 is 11.8 Å². The molecular formula is C22H29FN4O2S. The Morgan fingerprint density at radius 1 is 0.967 bits per heavy atom. The van der Waals surface area contributed by atoms with E-state index in [9.17, 15) is 14.0 Å². The van der Waals surface area contributed by atoms with Crippen molar-refractivity contribution in [1.29, 1.82) is 0 Å². The summed E-state index contributed by atoms with van der Waals surface area (Å²) in [7, 11) is 3.14. The molecule has 0 amide bonds. The fraction of sp³-hybridized carbons (Fsp3) is 0.500. The summed E-state index contributed by atoms with van der Waals surface area (Å²) in [5.74, 6) is 0.339. The zero-order valence-electron chi connectivity index (χ0n) is 17.9. The summed E-state index contributed by atoms with van der Waals surface area (Å²) in [4.78, 5) is 29.8. The van der Waals surface area contributed by atoms with Gasteiger partial charge in [-0.25, -0.2) is 14.2 Å². The number of aromatic nitrogens is 4. The molecule has 0 saturated heterocycles. The van der Waals surface area contributed by atoms with Gasteiger partial charge < -0.3 is 4.57 Å². The van der Waals surface area contributed by atoms with Crippen molar-refractivity contribution in [2.75, 3.05) is 0 Å². The van der Waals surface area contributed by atoms with Crippen LogP contribution in [-0.4, -0.2) is 18.7 Å². The molecule has 1 aromatic carbocycles. The molecule has 3 aromatic rings. The van der Waals surface area contributed by atoms with E-state index in [2.05, 4.69) is 11.9 Å². The van der Waals surface area contributed by atoms with Gasteiger partial charge in [0, 0.05) is 26.4 Å². The summed E-state index contributed by atoms with van der Waals surface area (Å²) in [6, 6.07) is 6.37. The first kappa shape index (κ1) is 22.3. The molecule has 30 heavy (non-hydrogen) atoms. The van der Waals surface area contributed by atoms with Crippen molar-refractivity contribution in [3.8, 4) is 0 Å². The summed E-state index contributed by atoms with van der Waals surface area (Å²) < 4.78 is 17.7. The van der Waals surface area contributed by atoms with Crippen molar-refractivity contribution < 1.29 is 4.39 Å². The Kier molecular flexibility index (Phi) is 7.53. The highest BCUT2D eigenvalue weighted by Gasteiger charge is 2.19. The van der Waals surface area contributed by atoms with Crippen molar-refractivity contribution in [3.63, 3.8) is 0 Å². The summed E-state index contributed by atoms with van der Waals surface area (Å²) in [5.41, 5.74) is 1.15. The van der Waals surface area contributed by atoms with Gasteiger partial charge in [0.1, 0.15) is 5.82 Å². The third kappa shape index (κ3) is 4.86. The smallest absolute Gasteiger partial charge is 0.313 e. The third-order valence-electron chi connectivity index (χ3n) is 5.33. The Balaban J connectivity index is 1.90. The molecule has 0 aliphatic heterocycles. The lowest BCUT2D eigenvalue weighted by molar-refractivity contribution is 0.543. The second kappa shape index (κ2) is 10.1. The predicted octanol–water partition coefficient (Wildman–Crippen LogP) is 4.23. The van der Waals surface area contributed by atoms with E-state index in [1.807, 2.05) is 4.57 Å². The molecular weight excluding hydrogens is 403 g/mol. The van der Waals surface area contributed by atoms with Gasteiger partial charge >= 0.3 is 5.69 Å². The number of unbranched alkanes of at least 4 members (excludes halogenated alkanes) is 5. The van der Waals surface area contributed by atoms with Crippen LogP contribution in [-0.2, 0) is 26.4 Å². The van der Waals surface area contributed by atoms with Crippen molar-refractivity contribution in [2.45, 2.75) is 62.9 Å². The minimum absolute atomic E-state index is 0.266. The van der Waals surface area contributed by atoms with Crippen LogP contribution in [0, 0.1) is 5.82 Å². The Morgan fingerprint density at radius 3 is 2.33 bits per heavy atom. The highest BCUT2D eigenvalue weighted by atomic mass is 32.2. The lowest BCUT2D eigenvalue weighted by Crippen LogP contribution is -2.37. The summed E-state index contributed by atoms with van der Waals surface area (Å²) in [5, 5.41) is 0.709. The summed E-state index contributed by atoms with van der Waals surface area (Å²) in [6.07, 6.45) is 6.90. The Bertz CT molecular complexity index is 1120. The van der Waals surface area contributed by atoms with Gasteiger partial charge in [-0.05, 0) is 24.1 Å². The maximum atomic E-state index is 13.2. The molecule has 0 bridgehead atoms. The Hall–Kier alpha value is -2.35. The number of hydrogen-bond donors (Lipinski definition) is 0. The number of aryl methyl sites for hydroxylation is 2. The number of imidazole rings is 1. The fourth-order valence-corrected chi connectivity index (χ4v) is 4.50. The molecule has 2 aromatic heterocycles. The number of thioether (sulfide) groups is 1. The van der Waals surface area contributed by atoms with Crippen LogP contribution in [0.5, 0.6) is 0 Å². The first-order valence-electron chi connectivity index (χ1n) is 10.5. The molecule has 0 unspecified atom stereocenters. The second-order valence-electron chi connectivity index (χ2n) is 7.61. The topological polar surface area (TPSA) is 61.8 Å². The van der Waals surface area contributed by atoms with Crippen LogP contribution in [0.2, 0.25) is 0 Å². The van der Waals surface area contributed by atoms with E-state index in [4.69, 9.17) is 0 Å². The normalized spacial score (nSPS) is 11.5. The Labute approximate surface area is 179 Å². The number of hydrogen-bond acceptors (Lipinski definition) is 4. The molecule has 3 rings (SSSR count). The first-order chi connectivity index (χ1) is 14.4. The minimum Gasteiger partial charge on any atom is -0.313 e. The first-order valence-corrected chi connectivity index (χ1v) is 11.5. The van der Waals surface area contributed by atoms with Crippen LogP contribution in [0.25, 0.3) is 11.2 Å². The third-order valence-corrected chi connectivity index (χ3v) is 6.38. The number of nitrogens with zero attached hydrogens (tertiary/aromatic N) is 4.